The minimum absolute atomic E-state index is 0. The molecule has 7 heteroatoms. The number of aromatic nitrogens is 1. The summed E-state index contributed by atoms with van der Waals surface area (Å²) in [5.74, 6) is 0.470. The lowest BCUT2D eigenvalue weighted by Crippen LogP contribution is -2.37. The summed E-state index contributed by atoms with van der Waals surface area (Å²) in [6, 6.07) is 13.4. The first-order valence-corrected chi connectivity index (χ1v) is 9.39. The minimum atomic E-state index is -0.248. The summed E-state index contributed by atoms with van der Waals surface area (Å²) >= 11 is 0. The first-order chi connectivity index (χ1) is 13.6. The monoisotopic (exact) mass is 510 g/mol. The van der Waals surface area contributed by atoms with Gasteiger partial charge < -0.3 is 20.4 Å². The normalized spacial score (nSPS) is 11.4. The Hall–Kier alpha value is -2.13. The van der Waals surface area contributed by atoms with Crippen LogP contribution in [0.5, 0.6) is 0 Å². The third kappa shape index (κ3) is 5.93. The fraction of sp³-hybridized carbons (Fsp3) is 0.318. The first-order valence-electron chi connectivity index (χ1n) is 9.39. The van der Waals surface area contributed by atoms with Crippen LogP contribution in [0.2, 0.25) is 0 Å². The minimum Gasteiger partial charge on any atom is -0.380 e. The number of ether oxygens (including phenoxy) is 1. The van der Waals surface area contributed by atoms with Gasteiger partial charge in [-0.15, -0.1) is 24.0 Å². The fourth-order valence-corrected chi connectivity index (χ4v) is 3.37. The number of aryl methyl sites for hydroxylation is 1. The van der Waals surface area contributed by atoms with E-state index in [2.05, 4.69) is 45.7 Å². The lowest BCUT2D eigenvalue weighted by Gasteiger charge is -2.13. The Morgan fingerprint density at radius 3 is 2.72 bits per heavy atom. The van der Waals surface area contributed by atoms with Gasteiger partial charge in [0.2, 0.25) is 0 Å². The number of guanidine groups is 1. The van der Waals surface area contributed by atoms with Gasteiger partial charge in [-0.2, -0.15) is 0 Å². The van der Waals surface area contributed by atoms with Gasteiger partial charge in [0.25, 0.3) is 0 Å². The molecule has 156 valence electrons. The molecule has 5 nitrogen and oxygen atoms in total. The Balaban J connectivity index is 0.00000300. The highest BCUT2D eigenvalue weighted by Crippen LogP contribution is 2.21. The van der Waals surface area contributed by atoms with Crippen LogP contribution in [-0.2, 0) is 24.3 Å². The van der Waals surface area contributed by atoms with E-state index in [0.717, 1.165) is 24.5 Å². The zero-order chi connectivity index (χ0) is 19.9. The molecule has 0 aliphatic heterocycles. The van der Waals surface area contributed by atoms with Crippen LogP contribution in [0.3, 0.4) is 0 Å². The molecule has 1 heterocycles. The van der Waals surface area contributed by atoms with E-state index >= 15 is 0 Å². The Kier molecular flexibility index (Phi) is 8.91. The molecule has 0 atom stereocenters. The summed E-state index contributed by atoms with van der Waals surface area (Å²) in [7, 11) is 3.30. The topological polar surface area (TPSA) is 61.4 Å². The molecule has 3 rings (SSSR count). The largest absolute Gasteiger partial charge is 0.380 e. The second-order valence-electron chi connectivity index (χ2n) is 6.74. The lowest BCUT2D eigenvalue weighted by molar-refractivity contribution is 0.181. The number of hydrogen-bond acceptors (Lipinski definition) is 2. The van der Waals surface area contributed by atoms with Crippen molar-refractivity contribution in [1.82, 2.24) is 15.6 Å². The standard InChI is InChI=1S/C22H27FN4O.HI/c1-15-18(19-6-4-5-7-21(19)27-15)10-11-25-22(24-2)26-13-16-8-9-20(23)17(12-16)14-28-3;/h4-9,12,27H,10-11,13-14H2,1-3H3,(H2,24,25,26);1H. The summed E-state index contributed by atoms with van der Waals surface area (Å²) < 4.78 is 18.8. The quantitative estimate of drug-likeness (QED) is 0.253. The van der Waals surface area contributed by atoms with Crippen molar-refractivity contribution >= 4 is 40.8 Å². The highest BCUT2D eigenvalue weighted by Gasteiger charge is 2.08. The molecule has 29 heavy (non-hydrogen) atoms. The molecule has 3 N–H and O–H groups in total. The van der Waals surface area contributed by atoms with E-state index in [1.165, 1.54) is 28.2 Å². The Labute approximate surface area is 188 Å². The Morgan fingerprint density at radius 1 is 1.17 bits per heavy atom. The number of nitrogens with one attached hydrogen (secondary N) is 3. The molecule has 0 aliphatic carbocycles. The fourth-order valence-electron chi connectivity index (χ4n) is 3.37. The van der Waals surface area contributed by atoms with Crippen LogP contribution in [-0.4, -0.2) is 31.6 Å². The molecular weight excluding hydrogens is 482 g/mol. The van der Waals surface area contributed by atoms with Crippen LogP contribution in [0.4, 0.5) is 4.39 Å². The van der Waals surface area contributed by atoms with E-state index in [1.807, 2.05) is 12.1 Å². The SMILES string of the molecule is CN=C(NCCc1c(C)[nH]c2ccccc12)NCc1ccc(F)c(COC)c1.I. The average Bonchev–Trinajstić information content (AvgIpc) is 3.02. The predicted octanol–water partition coefficient (Wildman–Crippen LogP) is 4.29. The number of aromatic amines is 1. The number of hydrogen-bond donors (Lipinski definition) is 3. The van der Waals surface area contributed by atoms with Crippen molar-refractivity contribution in [2.24, 2.45) is 4.99 Å². The van der Waals surface area contributed by atoms with E-state index in [9.17, 15) is 4.39 Å². The molecule has 1 aromatic heterocycles. The van der Waals surface area contributed by atoms with Crippen molar-refractivity contribution in [2.75, 3.05) is 20.7 Å². The highest BCUT2D eigenvalue weighted by atomic mass is 127. The second kappa shape index (κ2) is 11.2. The molecule has 2 aromatic carbocycles. The number of para-hydroxylation sites is 1. The summed E-state index contributed by atoms with van der Waals surface area (Å²) in [5, 5.41) is 7.89. The van der Waals surface area contributed by atoms with E-state index < -0.39 is 0 Å². The van der Waals surface area contributed by atoms with Crippen molar-refractivity contribution < 1.29 is 9.13 Å². The van der Waals surface area contributed by atoms with E-state index in [0.29, 0.717) is 12.1 Å². The van der Waals surface area contributed by atoms with E-state index in [4.69, 9.17) is 4.74 Å². The summed E-state index contributed by atoms with van der Waals surface area (Å²) in [5.41, 5.74) is 5.22. The number of fused-ring (bicyclic) bond motifs is 1. The van der Waals surface area contributed by atoms with Crippen LogP contribution < -0.4 is 10.6 Å². The second-order valence-corrected chi connectivity index (χ2v) is 6.74. The first kappa shape index (κ1) is 23.2. The van der Waals surface area contributed by atoms with Gasteiger partial charge in [-0.1, -0.05) is 24.3 Å². The zero-order valence-electron chi connectivity index (χ0n) is 17.0. The predicted molar refractivity (Wildman–Crippen MR) is 127 cm³/mol. The van der Waals surface area contributed by atoms with Gasteiger partial charge in [0.05, 0.1) is 6.61 Å². The van der Waals surface area contributed by atoms with Crippen molar-refractivity contribution in [2.45, 2.75) is 26.5 Å². The molecule has 0 saturated carbocycles. The number of nitrogens with zero attached hydrogens (tertiary/aromatic N) is 1. The summed E-state index contributed by atoms with van der Waals surface area (Å²) in [4.78, 5) is 7.70. The van der Waals surface area contributed by atoms with Crippen LogP contribution in [0.15, 0.2) is 47.5 Å². The summed E-state index contributed by atoms with van der Waals surface area (Å²) in [6.07, 6.45) is 0.894. The number of halogens is 2. The van der Waals surface area contributed by atoms with Crippen LogP contribution in [0.1, 0.15) is 22.4 Å². The van der Waals surface area contributed by atoms with Crippen molar-refractivity contribution in [1.29, 1.82) is 0 Å². The maximum Gasteiger partial charge on any atom is 0.191 e. The molecule has 0 saturated heterocycles. The molecule has 0 spiro atoms. The van der Waals surface area contributed by atoms with E-state index in [-0.39, 0.29) is 36.4 Å². The Morgan fingerprint density at radius 2 is 1.97 bits per heavy atom. The molecule has 3 aromatic rings. The Bertz CT molecular complexity index is 971. The van der Waals surface area contributed by atoms with Crippen LogP contribution >= 0.6 is 24.0 Å². The third-order valence-electron chi connectivity index (χ3n) is 4.79. The van der Waals surface area contributed by atoms with Crippen molar-refractivity contribution in [3.63, 3.8) is 0 Å². The highest BCUT2D eigenvalue weighted by molar-refractivity contribution is 14.0. The van der Waals surface area contributed by atoms with Gasteiger partial charge in [-0.05, 0) is 42.7 Å². The number of rotatable bonds is 7. The van der Waals surface area contributed by atoms with Gasteiger partial charge in [0.15, 0.2) is 5.96 Å². The number of benzene rings is 2. The maximum atomic E-state index is 13.7. The van der Waals surface area contributed by atoms with E-state index in [1.54, 1.807) is 20.2 Å². The number of H-pyrrole nitrogens is 1. The third-order valence-corrected chi connectivity index (χ3v) is 4.79. The molecular formula is C22H28FIN4O. The zero-order valence-corrected chi connectivity index (χ0v) is 19.3. The smallest absolute Gasteiger partial charge is 0.191 e. The van der Waals surface area contributed by atoms with Crippen LogP contribution in [0, 0.1) is 12.7 Å². The van der Waals surface area contributed by atoms with Gasteiger partial charge in [0, 0.05) is 49.4 Å². The lowest BCUT2D eigenvalue weighted by atomic mass is 10.1. The van der Waals surface area contributed by atoms with Crippen molar-refractivity contribution in [3.8, 4) is 0 Å². The summed E-state index contributed by atoms with van der Waals surface area (Å²) in [6.45, 7) is 3.69. The number of methoxy groups -OCH3 is 1. The molecule has 0 fully saturated rings. The van der Waals surface area contributed by atoms with Gasteiger partial charge in [-0.3, -0.25) is 4.99 Å². The number of aliphatic imine (C=N–C) groups is 1. The van der Waals surface area contributed by atoms with Crippen molar-refractivity contribution in [3.05, 3.63) is 70.7 Å². The molecule has 0 amide bonds. The molecule has 0 aliphatic rings. The maximum absolute atomic E-state index is 13.7. The molecule has 0 radical (unpaired) electrons. The molecule has 0 unspecified atom stereocenters. The van der Waals surface area contributed by atoms with Crippen LogP contribution in [0.25, 0.3) is 10.9 Å². The van der Waals surface area contributed by atoms with Gasteiger partial charge >= 0.3 is 0 Å². The average molecular weight is 510 g/mol. The van der Waals surface area contributed by atoms with Gasteiger partial charge in [0.1, 0.15) is 5.82 Å². The molecule has 0 bridgehead atoms. The van der Waals surface area contributed by atoms with Gasteiger partial charge in [-0.25, -0.2) is 4.39 Å².